The van der Waals surface area contributed by atoms with Crippen LogP contribution >= 0.6 is 0 Å². The first-order valence-corrected chi connectivity index (χ1v) is 2.64. The van der Waals surface area contributed by atoms with Crippen LogP contribution in [0.1, 0.15) is 6.92 Å². The van der Waals surface area contributed by atoms with Crippen molar-refractivity contribution >= 4 is 0 Å². The molecule has 0 amide bonds. The molecule has 1 aromatic rings. The summed E-state index contributed by atoms with van der Waals surface area (Å²) in [5, 5.41) is 0. The van der Waals surface area contributed by atoms with Crippen LogP contribution < -0.4 is 0 Å². The van der Waals surface area contributed by atoms with E-state index in [1.165, 1.54) is 12.3 Å². The van der Waals surface area contributed by atoms with E-state index >= 15 is 0 Å². The Bertz CT molecular complexity index is 169. The first-order chi connectivity index (χ1) is 3.83. The monoisotopic (exact) mass is 113 g/mol. The normalized spacial score (nSPS) is 9.75. The lowest BCUT2D eigenvalue weighted by molar-refractivity contribution is 0.619. The number of aryl methyl sites for hydroxylation is 1. The summed E-state index contributed by atoms with van der Waals surface area (Å²) in [6.07, 6.45) is 3.19. The van der Waals surface area contributed by atoms with Gasteiger partial charge in [-0.25, -0.2) is 4.39 Å². The SMILES string of the molecule is CCn1ccc(F)c1. The average molecular weight is 113 g/mol. The van der Waals surface area contributed by atoms with Gasteiger partial charge in [-0.15, -0.1) is 0 Å². The second-order valence-electron chi connectivity index (χ2n) is 1.66. The molecule has 0 aliphatic carbocycles. The molecule has 0 bridgehead atoms. The van der Waals surface area contributed by atoms with Crippen molar-refractivity contribution in [2.75, 3.05) is 0 Å². The van der Waals surface area contributed by atoms with Crippen LogP contribution in [0, 0.1) is 5.82 Å². The van der Waals surface area contributed by atoms with Gasteiger partial charge in [-0.05, 0) is 13.0 Å². The molecule has 0 aliphatic rings. The molecule has 1 heterocycles. The van der Waals surface area contributed by atoms with Gasteiger partial charge in [-0.1, -0.05) is 0 Å². The minimum atomic E-state index is -0.160. The summed E-state index contributed by atoms with van der Waals surface area (Å²) in [6, 6.07) is 1.45. The van der Waals surface area contributed by atoms with Crippen LogP contribution in [0.5, 0.6) is 0 Å². The van der Waals surface area contributed by atoms with Crippen LogP contribution in [0.3, 0.4) is 0 Å². The minimum absolute atomic E-state index is 0.160. The molecular weight excluding hydrogens is 105 g/mol. The van der Waals surface area contributed by atoms with E-state index in [0.717, 1.165) is 6.54 Å². The molecule has 0 aliphatic heterocycles. The zero-order chi connectivity index (χ0) is 5.98. The quantitative estimate of drug-likeness (QED) is 0.521. The molecule has 0 atom stereocenters. The van der Waals surface area contributed by atoms with E-state index < -0.39 is 0 Å². The zero-order valence-corrected chi connectivity index (χ0v) is 4.76. The lowest BCUT2D eigenvalue weighted by Gasteiger charge is -1.89. The molecule has 0 unspecified atom stereocenters. The molecule has 8 heavy (non-hydrogen) atoms. The third kappa shape index (κ3) is 0.886. The van der Waals surface area contributed by atoms with Crippen molar-refractivity contribution in [2.45, 2.75) is 13.5 Å². The minimum Gasteiger partial charge on any atom is -0.352 e. The first kappa shape index (κ1) is 5.35. The highest BCUT2D eigenvalue weighted by Gasteiger charge is 1.88. The Labute approximate surface area is 47.7 Å². The summed E-state index contributed by atoms with van der Waals surface area (Å²) in [5.74, 6) is -0.160. The predicted octanol–water partition coefficient (Wildman–Crippen LogP) is 1.65. The van der Waals surface area contributed by atoms with Crippen molar-refractivity contribution in [3.05, 3.63) is 24.3 Å². The van der Waals surface area contributed by atoms with Crippen molar-refractivity contribution in [1.29, 1.82) is 0 Å². The average Bonchev–Trinajstić information content (AvgIpc) is 2.14. The molecule has 1 aromatic heterocycles. The highest BCUT2D eigenvalue weighted by molar-refractivity contribution is 4.93. The second-order valence-corrected chi connectivity index (χ2v) is 1.66. The molecule has 1 rings (SSSR count). The standard InChI is InChI=1S/C6H8FN/c1-2-8-4-3-6(7)5-8/h3-5H,2H2,1H3. The number of hydrogen-bond acceptors (Lipinski definition) is 0. The lowest BCUT2D eigenvalue weighted by Crippen LogP contribution is -1.86. The van der Waals surface area contributed by atoms with Gasteiger partial charge >= 0.3 is 0 Å². The summed E-state index contributed by atoms with van der Waals surface area (Å²) < 4.78 is 13.9. The number of hydrogen-bond donors (Lipinski definition) is 0. The largest absolute Gasteiger partial charge is 0.352 e. The highest BCUT2D eigenvalue weighted by Crippen LogP contribution is 1.96. The molecular formula is C6H8FN. The maximum atomic E-state index is 12.1. The van der Waals surface area contributed by atoms with Crippen molar-refractivity contribution in [3.63, 3.8) is 0 Å². The van der Waals surface area contributed by atoms with Gasteiger partial charge in [0.25, 0.3) is 0 Å². The fourth-order valence-electron chi connectivity index (χ4n) is 0.608. The summed E-state index contributed by atoms with van der Waals surface area (Å²) in [7, 11) is 0. The Kier molecular flexibility index (Phi) is 1.33. The summed E-state index contributed by atoms with van der Waals surface area (Å²) in [5.41, 5.74) is 0. The van der Waals surface area contributed by atoms with Crippen molar-refractivity contribution in [3.8, 4) is 0 Å². The Balaban J connectivity index is 2.84. The highest BCUT2D eigenvalue weighted by atomic mass is 19.1. The smallest absolute Gasteiger partial charge is 0.140 e. The van der Waals surface area contributed by atoms with Crippen molar-refractivity contribution in [1.82, 2.24) is 4.57 Å². The molecule has 0 saturated carbocycles. The van der Waals surface area contributed by atoms with E-state index in [9.17, 15) is 4.39 Å². The van der Waals surface area contributed by atoms with Crippen LogP contribution in [-0.4, -0.2) is 4.57 Å². The Morgan fingerprint density at radius 2 is 2.50 bits per heavy atom. The molecule has 0 aromatic carbocycles. The van der Waals surface area contributed by atoms with Gasteiger partial charge in [0.05, 0.1) is 0 Å². The maximum absolute atomic E-state index is 12.1. The van der Waals surface area contributed by atoms with E-state index in [4.69, 9.17) is 0 Å². The van der Waals surface area contributed by atoms with E-state index in [1.807, 2.05) is 6.92 Å². The molecule has 0 spiro atoms. The number of aromatic nitrogens is 1. The van der Waals surface area contributed by atoms with Gasteiger partial charge in [-0.3, -0.25) is 0 Å². The van der Waals surface area contributed by atoms with Gasteiger partial charge in [-0.2, -0.15) is 0 Å². The van der Waals surface area contributed by atoms with Gasteiger partial charge in [0.2, 0.25) is 0 Å². The van der Waals surface area contributed by atoms with Crippen LogP contribution in [0.25, 0.3) is 0 Å². The Morgan fingerprint density at radius 3 is 2.75 bits per heavy atom. The number of nitrogens with zero attached hydrogens (tertiary/aromatic N) is 1. The van der Waals surface area contributed by atoms with Crippen LogP contribution in [0.4, 0.5) is 4.39 Å². The Hall–Kier alpha value is -0.790. The number of rotatable bonds is 1. The molecule has 2 heteroatoms. The molecule has 0 radical (unpaired) electrons. The molecule has 0 saturated heterocycles. The summed E-state index contributed by atoms with van der Waals surface area (Å²) in [6.45, 7) is 2.81. The van der Waals surface area contributed by atoms with Crippen LogP contribution in [0.15, 0.2) is 18.5 Å². The Morgan fingerprint density at radius 1 is 1.75 bits per heavy atom. The second kappa shape index (κ2) is 1.99. The van der Waals surface area contributed by atoms with Crippen LogP contribution in [0.2, 0.25) is 0 Å². The van der Waals surface area contributed by atoms with Gasteiger partial charge in [0.15, 0.2) is 0 Å². The van der Waals surface area contributed by atoms with E-state index in [0.29, 0.717) is 0 Å². The molecule has 44 valence electrons. The van der Waals surface area contributed by atoms with Crippen LogP contribution in [-0.2, 0) is 6.54 Å². The molecule has 0 fully saturated rings. The van der Waals surface area contributed by atoms with E-state index in [-0.39, 0.29) is 5.82 Å². The fraction of sp³-hybridized carbons (Fsp3) is 0.333. The maximum Gasteiger partial charge on any atom is 0.140 e. The lowest BCUT2D eigenvalue weighted by atomic mass is 10.6. The van der Waals surface area contributed by atoms with Gasteiger partial charge < -0.3 is 4.57 Å². The van der Waals surface area contributed by atoms with Gasteiger partial charge in [0.1, 0.15) is 5.82 Å². The first-order valence-electron chi connectivity index (χ1n) is 2.64. The number of halogens is 1. The third-order valence-corrected chi connectivity index (χ3v) is 1.08. The van der Waals surface area contributed by atoms with Crippen molar-refractivity contribution < 1.29 is 4.39 Å². The molecule has 0 N–H and O–H groups in total. The topological polar surface area (TPSA) is 4.93 Å². The third-order valence-electron chi connectivity index (χ3n) is 1.08. The van der Waals surface area contributed by atoms with E-state index in [2.05, 4.69) is 0 Å². The zero-order valence-electron chi connectivity index (χ0n) is 4.76. The summed E-state index contributed by atoms with van der Waals surface area (Å²) in [4.78, 5) is 0. The summed E-state index contributed by atoms with van der Waals surface area (Å²) >= 11 is 0. The van der Waals surface area contributed by atoms with E-state index in [1.54, 1.807) is 10.8 Å². The van der Waals surface area contributed by atoms with Crippen molar-refractivity contribution in [2.24, 2.45) is 0 Å². The molecule has 1 nitrogen and oxygen atoms in total. The fourth-order valence-corrected chi connectivity index (χ4v) is 0.608. The van der Waals surface area contributed by atoms with Gasteiger partial charge in [0, 0.05) is 18.9 Å². The predicted molar refractivity (Wildman–Crippen MR) is 30.1 cm³/mol.